The standard InChI is InChI=1S/C15H19N3O2/c1-11-4-5-14(16-9-11)17(3)15(20)13-6-7-18(10-19)12(2)8-13/h4-9,12,19H,10H2,1-3H3/t12-/m0/s1. The molecule has 0 spiro atoms. The molecule has 2 heterocycles. The van der Waals surface area contributed by atoms with E-state index in [4.69, 9.17) is 5.11 Å². The minimum absolute atomic E-state index is 0.0108. The third-order valence-electron chi connectivity index (χ3n) is 3.34. The molecular formula is C15H19N3O2. The summed E-state index contributed by atoms with van der Waals surface area (Å²) in [7, 11) is 1.71. The highest BCUT2D eigenvalue weighted by Gasteiger charge is 2.20. The van der Waals surface area contributed by atoms with Gasteiger partial charge in [0.25, 0.3) is 5.91 Å². The summed E-state index contributed by atoms with van der Waals surface area (Å²) < 4.78 is 0. The fraction of sp³-hybridized carbons (Fsp3) is 0.333. The molecule has 1 aliphatic heterocycles. The van der Waals surface area contributed by atoms with Crippen molar-refractivity contribution in [2.24, 2.45) is 0 Å². The highest BCUT2D eigenvalue weighted by atomic mass is 16.3. The van der Waals surface area contributed by atoms with Crippen molar-refractivity contribution < 1.29 is 9.90 Å². The number of likely N-dealkylation sites (N-methyl/N-ethyl adjacent to an activating group) is 1. The quantitative estimate of drug-likeness (QED) is 0.905. The fourth-order valence-corrected chi connectivity index (χ4v) is 2.00. The van der Waals surface area contributed by atoms with E-state index in [0.29, 0.717) is 11.4 Å². The summed E-state index contributed by atoms with van der Waals surface area (Å²) in [5.74, 6) is 0.509. The first-order chi connectivity index (χ1) is 9.52. The fourth-order valence-electron chi connectivity index (χ4n) is 2.00. The van der Waals surface area contributed by atoms with Crippen LogP contribution in [0.1, 0.15) is 12.5 Å². The van der Waals surface area contributed by atoms with Gasteiger partial charge in [0.15, 0.2) is 0 Å². The average molecular weight is 273 g/mol. The maximum absolute atomic E-state index is 12.4. The number of aromatic nitrogens is 1. The molecule has 0 radical (unpaired) electrons. The van der Waals surface area contributed by atoms with Crippen LogP contribution in [0, 0.1) is 6.92 Å². The number of carbonyl (C=O) groups is 1. The summed E-state index contributed by atoms with van der Waals surface area (Å²) in [4.78, 5) is 19.9. The van der Waals surface area contributed by atoms with Crippen molar-refractivity contribution in [2.75, 3.05) is 18.7 Å². The highest BCUT2D eigenvalue weighted by Crippen LogP contribution is 2.17. The van der Waals surface area contributed by atoms with Gasteiger partial charge in [0.2, 0.25) is 0 Å². The summed E-state index contributed by atoms with van der Waals surface area (Å²) in [5.41, 5.74) is 1.66. The van der Waals surface area contributed by atoms with E-state index in [2.05, 4.69) is 4.98 Å². The lowest BCUT2D eigenvalue weighted by Gasteiger charge is -2.27. The van der Waals surface area contributed by atoms with Crippen LogP contribution in [-0.4, -0.2) is 40.7 Å². The van der Waals surface area contributed by atoms with Gasteiger partial charge in [-0.3, -0.25) is 9.69 Å². The summed E-state index contributed by atoms with van der Waals surface area (Å²) in [6.45, 7) is 3.82. The van der Waals surface area contributed by atoms with E-state index in [1.165, 1.54) is 4.90 Å². The molecule has 5 heteroatoms. The van der Waals surface area contributed by atoms with Gasteiger partial charge in [-0.1, -0.05) is 6.07 Å². The van der Waals surface area contributed by atoms with Crippen LogP contribution in [0.5, 0.6) is 0 Å². The Morgan fingerprint density at radius 2 is 2.25 bits per heavy atom. The van der Waals surface area contributed by atoms with Gasteiger partial charge >= 0.3 is 0 Å². The van der Waals surface area contributed by atoms with E-state index in [1.807, 2.05) is 32.1 Å². The number of carbonyl (C=O) groups excluding carboxylic acids is 1. The summed E-state index contributed by atoms with van der Waals surface area (Å²) in [5, 5.41) is 9.14. The van der Waals surface area contributed by atoms with E-state index >= 15 is 0 Å². The molecular weight excluding hydrogens is 254 g/mol. The van der Waals surface area contributed by atoms with Gasteiger partial charge in [-0.25, -0.2) is 4.98 Å². The van der Waals surface area contributed by atoms with Crippen molar-refractivity contribution in [1.29, 1.82) is 0 Å². The Kier molecular flexibility index (Phi) is 4.20. The third-order valence-corrected chi connectivity index (χ3v) is 3.34. The number of rotatable bonds is 3. The van der Waals surface area contributed by atoms with Gasteiger partial charge in [-0.05, 0) is 37.6 Å². The Morgan fingerprint density at radius 1 is 1.50 bits per heavy atom. The molecule has 1 N–H and O–H groups in total. The minimum atomic E-state index is -0.109. The zero-order valence-electron chi connectivity index (χ0n) is 11.9. The Balaban J connectivity index is 2.16. The molecule has 106 valence electrons. The SMILES string of the molecule is Cc1ccc(N(C)C(=O)C2=C[C@H](C)N(CO)C=C2)nc1. The first kappa shape index (κ1) is 14.3. The second-order valence-electron chi connectivity index (χ2n) is 4.89. The van der Waals surface area contributed by atoms with Crippen LogP contribution < -0.4 is 4.90 Å². The molecule has 0 bridgehead atoms. The molecule has 1 atom stereocenters. The predicted octanol–water partition coefficient (Wildman–Crippen LogP) is 1.45. The molecule has 0 aliphatic carbocycles. The van der Waals surface area contributed by atoms with Gasteiger partial charge in [-0.15, -0.1) is 0 Å². The number of pyridine rings is 1. The van der Waals surface area contributed by atoms with E-state index < -0.39 is 0 Å². The van der Waals surface area contributed by atoms with Crippen LogP contribution in [-0.2, 0) is 4.79 Å². The molecule has 1 aromatic rings. The Morgan fingerprint density at radius 3 is 2.80 bits per heavy atom. The van der Waals surface area contributed by atoms with Crippen LogP contribution in [0.15, 0.2) is 42.3 Å². The topological polar surface area (TPSA) is 56.7 Å². The normalized spacial score (nSPS) is 17.9. The van der Waals surface area contributed by atoms with Crippen molar-refractivity contribution >= 4 is 11.7 Å². The molecule has 0 fully saturated rings. The van der Waals surface area contributed by atoms with E-state index in [1.54, 1.807) is 30.4 Å². The summed E-state index contributed by atoms with van der Waals surface area (Å²) in [6, 6.07) is 3.74. The summed E-state index contributed by atoms with van der Waals surface area (Å²) in [6.07, 6.45) is 7.02. The third kappa shape index (κ3) is 2.88. The number of nitrogens with zero attached hydrogens (tertiary/aromatic N) is 3. The van der Waals surface area contributed by atoms with Crippen LogP contribution in [0.4, 0.5) is 5.82 Å². The monoisotopic (exact) mass is 273 g/mol. The first-order valence-electron chi connectivity index (χ1n) is 6.50. The molecule has 0 saturated carbocycles. The zero-order valence-corrected chi connectivity index (χ0v) is 11.9. The molecule has 20 heavy (non-hydrogen) atoms. The Labute approximate surface area is 118 Å². The molecule has 0 unspecified atom stereocenters. The smallest absolute Gasteiger partial charge is 0.258 e. The Bertz CT molecular complexity index is 549. The molecule has 0 aromatic carbocycles. The Hall–Kier alpha value is -2.14. The lowest BCUT2D eigenvalue weighted by molar-refractivity contribution is -0.114. The first-order valence-corrected chi connectivity index (χ1v) is 6.50. The maximum atomic E-state index is 12.4. The van der Waals surface area contributed by atoms with Crippen LogP contribution in [0.25, 0.3) is 0 Å². The van der Waals surface area contributed by atoms with Gasteiger partial charge < -0.3 is 10.0 Å². The number of aliphatic hydroxyl groups is 1. The van der Waals surface area contributed by atoms with E-state index in [-0.39, 0.29) is 18.7 Å². The average Bonchev–Trinajstić information content (AvgIpc) is 2.46. The van der Waals surface area contributed by atoms with Gasteiger partial charge in [-0.2, -0.15) is 0 Å². The largest absolute Gasteiger partial charge is 0.376 e. The summed E-state index contributed by atoms with van der Waals surface area (Å²) >= 11 is 0. The second kappa shape index (κ2) is 5.88. The lowest BCUT2D eigenvalue weighted by Crippen LogP contribution is -2.34. The number of amides is 1. The van der Waals surface area contributed by atoms with Crippen molar-refractivity contribution in [3.8, 4) is 0 Å². The molecule has 1 amide bonds. The number of hydrogen-bond donors (Lipinski definition) is 1. The highest BCUT2D eigenvalue weighted by molar-refractivity contribution is 6.06. The zero-order chi connectivity index (χ0) is 14.7. The van der Waals surface area contributed by atoms with Crippen molar-refractivity contribution in [1.82, 2.24) is 9.88 Å². The second-order valence-corrected chi connectivity index (χ2v) is 4.89. The van der Waals surface area contributed by atoms with Crippen LogP contribution >= 0.6 is 0 Å². The molecule has 2 rings (SSSR count). The number of anilines is 1. The van der Waals surface area contributed by atoms with Crippen molar-refractivity contribution in [2.45, 2.75) is 19.9 Å². The van der Waals surface area contributed by atoms with Crippen molar-refractivity contribution in [3.05, 3.63) is 47.8 Å². The van der Waals surface area contributed by atoms with Crippen LogP contribution in [0.3, 0.4) is 0 Å². The lowest BCUT2D eigenvalue weighted by atomic mass is 10.1. The number of aryl methyl sites for hydroxylation is 1. The van der Waals surface area contributed by atoms with E-state index in [0.717, 1.165) is 5.56 Å². The van der Waals surface area contributed by atoms with Gasteiger partial charge in [0, 0.05) is 31.1 Å². The molecule has 1 aliphatic rings. The van der Waals surface area contributed by atoms with Gasteiger partial charge in [0.05, 0.1) is 0 Å². The maximum Gasteiger partial charge on any atom is 0.258 e. The molecule has 1 aromatic heterocycles. The van der Waals surface area contributed by atoms with Crippen molar-refractivity contribution in [3.63, 3.8) is 0 Å². The minimum Gasteiger partial charge on any atom is -0.376 e. The molecule has 0 saturated heterocycles. The molecule has 5 nitrogen and oxygen atoms in total. The van der Waals surface area contributed by atoms with E-state index in [9.17, 15) is 4.79 Å². The van der Waals surface area contributed by atoms with Crippen LogP contribution in [0.2, 0.25) is 0 Å². The van der Waals surface area contributed by atoms with Gasteiger partial charge in [0.1, 0.15) is 12.5 Å². The number of hydrogen-bond acceptors (Lipinski definition) is 4. The number of aliphatic hydroxyl groups excluding tert-OH is 1. The predicted molar refractivity (Wildman–Crippen MR) is 78.0 cm³/mol.